The normalized spacial score (nSPS) is 22.1. The second-order valence-corrected chi connectivity index (χ2v) is 4.61. The molecule has 104 valence electrons. The summed E-state index contributed by atoms with van der Waals surface area (Å²) in [6.45, 7) is 5.55. The number of carboxylic acid groups (broad SMARTS) is 1. The fraction of sp³-hybridized carbons (Fsp3) is 0.833. The summed E-state index contributed by atoms with van der Waals surface area (Å²) in [7, 11) is 0. The Morgan fingerprint density at radius 1 is 1.56 bits per heavy atom. The molecule has 0 radical (unpaired) electrons. The van der Waals surface area contributed by atoms with Gasteiger partial charge < -0.3 is 20.1 Å². The van der Waals surface area contributed by atoms with Gasteiger partial charge in [0.05, 0.1) is 6.10 Å². The van der Waals surface area contributed by atoms with Crippen LogP contribution in [0.25, 0.3) is 0 Å². The SMILES string of the molecule is CCCC(NC(=O)N1CCCOC(C)C1)C(=O)O. The summed E-state index contributed by atoms with van der Waals surface area (Å²) in [6.07, 6.45) is 1.94. The van der Waals surface area contributed by atoms with Gasteiger partial charge in [-0.1, -0.05) is 13.3 Å². The molecule has 18 heavy (non-hydrogen) atoms. The summed E-state index contributed by atoms with van der Waals surface area (Å²) in [6, 6.07) is -1.12. The molecule has 0 bridgehead atoms. The molecule has 1 heterocycles. The first-order chi connectivity index (χ1) is 8.54. The second-order valence-electron chi connectivity index (χ2n) is 4.61. The van der Waals surface area contributed by atoms with Crippen molar-refractivity contribution in [2.24, 2.45) is 0 Å². The zero-order valence-electron chi connectivity index (χ0n) is 11.0. The summed E-state index contributed by atoms with van der Waals surface area (Å²) in [5, 5.41) is 11.6. The van der Waals surface area contributed by atoms with Crippen LogP contribution in [-0.4, -0.2) is 53.8 Å². The monoisotopic (exact) mass is 258 g/mol. The van der Waals surface area contributed by atoms with Gasteiger partial charge >= 0.3 is 12.0 Å². The minimum atomic E-state index is -0.982. The number of amides is 2. The molecule has 0 saturated carbocycles. The maximum Gasteiger partial charge on any atom is 0.326 e. The van der Waals surface area contributed by atoms with Crippen molar-refractivity contribution in [1.29, 1.82) is 0 Å². The third-order valence-corrected chi connectivity index (χ3v) is 2.91. The lowest BCUT2D eigenvalue weighted by molar-refractivity contribution is -0.139. The molecule has 1 saturated heterocycles. The molecule has 0 aromatic heterocycles. The number of ether oxygens (including phenoxy) is 1. The van der Waals surface area contributed by atoms with Gasteiger partial charge in [0, 0.05) is 19.7 Å². The molecule has 1 aliphatic rings. The number of carbonyl (C=O) groups is 2. The Morgan fingerprint density at radius 2 is 2.28 bits per heavy atom. The highest BCUT2D eigenvalue weighted by Gasteiger charge is 2.24. The first-order valence-electron chi connectivity index (χ1n) is 6.44. The number of carboxylic acids is 1. The van der Waals surface area contributed by atoms with Gasteiger partial charge in [-0.15, -0.1) is 0 Å². The topological polar surface area (TPSA) is 78.9 Å². The highest BCUT2D eigenvalue weighted by atomic mass is 16.5. The average Bonchev–Trinajstić information content (AvgIpc) is 2.53. The van der Waals surface area contributed by atoms with Crippen LogP contribution in [0.3, 0.4) is 0 Å². The predicted octanol–water partition coefficient (Wildman–Crippen LogP) is 1.06. The van der Waals surface area contributed by atoms with Gasteiger partial charge in [-0.05, 0) is 19.8 Å². The van der Waals surface area contributed by atoms with Crippen molar-refractivity contribution in [2.45, 2.75) is 45.3 Å². The molecule has 1 rings (SSSR count). The molecule has 1 aliphatic heterocycles. The largest absolute Gasteiger partial charge is 0.480 e. The predicted molar refractivity (Wildman–Crippen MR) is 66.5 cm³/mol. The Bertz CT molecular complexity index is 296. The van der Waals surface area contributed by atoms with Crippen LogP contribution in [0.15, 0.2) is 0 Å². The highest BCUT2D eigenvalue weighted by molar-refractivity contribution is 5.82. The van der Waals surface area contributed by atoms with Crippen molar-refractivity contribution < 1.29 is 19.4 Å². The van der Waals surface area contributed by atoms with Gasteiger partial charge in [0.25, 0.3) is 0 Å². The summed E-state index contributed by atoms with van der Waals surface area (Å²) in [4.78, 5) is 24.6. The maximum absolute atomic E-state index is 12.0. The second kappa shape index (κ2) is 7.20. The molecule has 6 heteroatoms. The van der Waals surface area contributed by atoms with Crippen LogP contribution in [0, 0.1) is 0 Å². The van der Waals surface area contributed by atoms with E-state index >= 15 is 0 Å². The Hall–Kier alpha value is -1.30. The lowest BCUT2D eigenvalue weighted by Crippen LogP contribution is -2.49. The lowest BCUT2D eigenvalue weighted by atomic mass is 10.2. The van der Waals surface area contributed by atoms with Crippen molar-refractivity contribution in [3.63, 3.8) is 0 Å². The molecular formula is C12H22N2O4. The number of nitrogens with one attached hydrogen (secondary N) is 1. The molecule has 2 atom stereocenters. The number of nitrogens with zero attached hydrogens (tertiary/aromatic N) is 1. The van der Waals surface area contributed by atoms with Crippen molar-refractivity contribution in [1.82, 2.24) is 10.2 Å². The summed E-state index contributed by atoms with van der Waals surface area (Å²) in [5.74, 6) is -0.982. The van der Waals surface area contributed by atoms with Gasteiger partial charge in [-0.2, -0.15) is 0 Å². The van der Waals surface area contributed by atoms with Gasteiger partial charge in [0.15, 0.2) is 0 Å². The lowest BCUT2D eigenvalue weighted by Gasteiger charge is -2.24. The third kappa shape index (κ3) is 4.52. The number of aliphatic carboxylic acids is 1. The van der Waals surface area contributed by atoms with Crippen molar-refractivity contribution in [3.05, 3.63) is 0 Å². The van der Waals surface area contributed by atoms with E-state index in [1.54, 1.807) is 4.90 Å². The van der Waals surface area contributed by atoms with Crippen LogP contribution in [0.1, 0.15) is 33.1 Å². The highest BCUT2D eigenvalue weighted by Crippen LogP contribution is 2.06. The first kappa shape index (κ1) is 14.8. The van der Waals surface area contributed by atoms with Crippen molar-refractivity contribution >= 4 is 12.0 Å². The molecule has 2 amide bonds. The van der Waals surface area contributed by atoms with E-state index in [9.17, 15) is 9.59 Å². The number of hydrogen-bond acceptors (Lipinski definition) is 3. The Kier molecular flexibility index (Phi) is 5.91. The number of carbonyl (C=O) groups excluding carboxylic acids is 1. The van der Waals surface area contributed by atoms with Crippen molar-refractivity contribution in [2.75, 3.05) is 19.7 Å². The average molecular weight is 258 g/mol. The van der Waals surface area contributed by atoms with Gasteiger partial charge in [-0.25, -0.2) is 9.59 Å². The fourth-order valence-corrected chi connectivity index (χ4v) is 1.97. The summed E-state index contributed by atoms with van der Waals surface area (Å²) in [5.41, 5.74) is 0. The first-order valence-corrected chi connectivity index (χ1v) is 6.44. The molecule has 2 unspecified atom stereocenters. The molecule has 6 nitrogen and oxygen atoms in total. The molecule has 0 aliphatic carbocycles. The minimum Gasteiger partial charge on any atom is -0.480 e. The van der Waals surface area contributed by atoms with E-state index in [0.717, 1.165) is 12.8 Å². The van der Waals surface area contributed by atoms with E-state index in [-0.39, 0.29) is 12.1 Å². The van der Waals surface area contributed by atoms with E-state index in [2.05, 4.69) is 5.32 Å². The molecule has 2 N–H and O–H groups in total. The van der Waals surface area contributed by atoms with Gasteiger partial charge in [-0.3, -0.25) is 0 Å². The number of rotatable bonds is 4. The van der Waals surface area contributed by atoms with Crippen LogP contribution in [0.5, 0.6) is 0 Å². The third-order valence-electron chi connectivity index (χ3n) is 2.91. The van der Waals surface area contributed by atoms with Crippen molar-refractivity contribution in [3.8, 4) is 0 Å². The molecule has 0 aromatic carbocycles. The maximum atomic E-state index is 12.0. The number of hydrogen-bond donors (Lipinski definition) is 2. The summed E-state index contributed by atoms with van der Waals surface area (Å²) < 4.78 is 5.45. The smallest absolute Gasteiger partial charge is 0.326 e. The zero-order chi connectivity index (χ0) is 13.5. The van der Waals surface area contributed by atoms with Crippen LogP contribution in [0.2, 0.25) is 0 Å². The molecule has 0 spiro atoms. The Balaban J connectivity index is 2.53. The standard InChI is InChI=1S/C12H22N2O4/c1-3-5-10(11(15)16)13-12(17)14-6-4-7-18-9(2)8-14/h9-10H,3-8H2,1-2H3,(H,13,17)(H,15,16). The van der Waals surface area contributed by atoms with E-state index in [0.29, 0.717) is 26.1 Å². The minimum absolute atomic E-state index is 0.00676. The quantitative estimate of drug-likeness (QED) is 0.790. The van der Waals surface area contributed by atoms with Crippen LogP contribution in [0.4, 0.5) is 4.79 Å². The molecule has 0 aromatic rings. The van der Waals surface area contributed by atoms with Crippen LogP contribution < -0.4 is 5.32 Å². The van der Waals surface area contributed by atoms with Gasteiger partial charge in [0.1, 0.15) is 6.04 Å². The summed E-state index contributed by atoms with van der Waals surface area (Å²) >= 11 is 0. The number of urea groups is 1. The van der Waals surface area contributed by atoms with E-state index in [4.69, 9.17) is 9.84 Å². The molecule has 1 fully saturated rings. The molecular weight excluding hydrogens is 236 g/mol. The fourth-order valence-electron chi connectivity index (χ4n) is 1.97. The zero-order valence-corrected chi connectivity index (χ0v) is 11.0. The van der Waals surface area contributed by atoms with E-state index in [1.807, 2.05) is 13.8 Å². The Labute approximate surface area is 107 Å². The van der Waals surface area contributed by atoms with Gasteiger partial charge in [0.2, 0.25) is 0 Å². The Morgan fingerprint density at radius 3 is 2.89 bits per heavy atom. The van der Waals surface area contributed by atoms with E-state index in [1.165, 1.54) is 0 Å². The van der Waals surface area contributed by atoms with Crippen LogP contribution >= 0.6 is 0 Å². The van der Waals surface area contributed by atoms with Crippen LogP contribution in [-0.2, 0) is 9.53 Å². The van der Waals surface area contributed by atoms with E-state index < -0.39 is 12.0 Å².